The molecule has 0 heterocycles. The van der Waals surface area contributed by atoms with Crippen LogP contribution in [0.5, 0.6) is 0 Å². The van der Waals surface area contributed by atoms with Crippen LogP contribution in [0.25, 0.3) is 0 Å². The van der Waals surface area contributed by atoms with Crippen molar-refractivity contribution in [1.82, 2.24) is 0 Å². The van der Waals surface area contributed by atoms with Gasteiger partial charge in [0.25, 0.3) is 5.92 Å². The monoisotopic (exact) mass is 155 g/mol. The zero-order chi connectivity index (χ0) is 8.36. The van der Waals surface area contributed by atoms with Gasteiger partial charge in [-0.25, -0.2) is 8.78 Å². The van der Waals surface area contributed by atoms with Crippen LogP contribution in [0, 0.1) is 10.1 Å². The number of nitro groups is 1. The normalized spacial score (nSPS) is 14.8. The SMILES string of the molecule is CC(F)(F)C(O)C[N+](=O)[O-]. The molecule has 1 unspecified atom stereocenters. The van der Waals surface area contributed by atoms with E-state index in [-0.39, 0.29) is 0 Å². The number of aliphatic hydroxyl groups excluding tert-OH is 1. The fourth-order valence-electron chi connectivity index (χ4n) is 0.301. The van der Waals surface area contributed by atoms with E-state index in [0.29, 0.717) is 6.92 Å². The van der Waals surface area contributed by atoms with Gasteiger partial charge in [-0.3, -0.25) is 10.1 Å². The summed E-state index contributed by atoms with van der Waals surface area (Å²) in [5.74, 6) is -3.40. The van der Waals surface area contributed by atoms with E-state index in [2.05, 4.69) is 0 Å². The molecule has 0 saturated carbocycles. The largest absolute Gasteiger partial charge is 0.381 e. The zero-order valence-corrected chi connectivity index (χ0v) is 5.25. The molecule has 0 amide bonds. The first-order chi connectivity index (χ1) is 4.34. The molecule has 0 spiro atoms. The second-order valence-electron chi connectivity index (χ2n) is 1.99. The van der Waals surface area contributed by atoms with Crippen LogP contribution in [-0.4, -0.2) is 28.6 Å². The van der Waals surface area contributed by atoms with Gasteiger partial charge >= 0.3 is 0 Å². The second kappa shape index (κ2) is 2.87. The fraction of sp³-hybridized carbons (Fsp3) is 1.00. The summed E-state index contributed by atoms with van der Waals surface area (Å²) in [6.07, 6.45) is -2.19. The Balaban J connectivity index is 3.85. The van der Waals surface area contributed by atoms with E-state index in [1.807, 2.05) is 0 Å². The number of aliphatic hydroxyl groups is 1. The molecule has 0 aliphatic heterocycles. The molecule has 6 heteroatoms. The molecule has 1 atom stereocenters. The van der Waals surface area contributed by atoms with Crippen molar-refractivity contribution >= 4 is 0 Å². The molecule has 0 rings (SSSR count). The smallest absolute Gasteiger partial charge is 0.277 e. The number of nitrogens with zero attached hydrogens (tertiary/aromatic N) is 1. The summed E-state index contributed by atoms with van der Waals surface area (Å²) in [7, 11) is 0. The predicted molar refractivity (Wildman–Crippen MR) is 28.5 cm³/mol. The molecule has 0 aromatic rings. The number of halogens is 2. The zero-order valence-electron chi connectivity index (χ0n) is 5.25. The Bertz CT molecular complexity index is 133. The lowest BCUT2D eigenvalue weighted by Gasteiger charge is -2.13. The van der Waals surface area contributed by atoms with E-state index in [9.17, 15) is 18.9 Å². The Morgan fingerprint density at radius 2 is 2.20 bits per heavy atom. The Hall–Kier alpha value is -0.780. The molecular weight excluding hydrogens is 148 g/mol. The van der Waals surface area contributed by atoms with Crippen molar-refractivity contribution in [2.45, 2.75) is 19.0 Å². The highest BCUT2D eigenvalue weighted by atomic mass is 19.3. The third-order valence-corrected chi connectivity index (χ3v) is 0.907. The highest BCUT2D eigenvalue weighted by Gasteiger charge is 2.35. The topological polar surface area (TPSA) is 63.4 Å². The van der Waals surface area contributed by atoms with Gasteiger partial charge in [-0.15, -0.1) is 0 Å². The number of hydrogen-bond acceptors (Lipinski definition) is 3. The van der Waals surface area contributed by atoms with Crippen LogP contribution in [0.15, 0.2) is 0 Å². The van der Waals surface area contributed by atoms with E-state index < -0.39 is 23.5 Å². The third-order valence-electron chi connectivity index (χ3n) is 0.907. The summed E-state index contributed by atoms with van der Waals surface area (Å²) in [4.78, 5) is 8.58. The van der Waals surface area contributed by atoms with Gasteiger partial charge in [0.1, 0.15) is 0 Å². The third kappa shape index (κ3) is 3.29. The van der Waals surface area contributed by atoms with Crippen LogP contribution < -0.4 is 0 Å². The van der Waals surface area contributed by atoms with Crippen LogP contribution in [0.1, 0.15) is 6.92 Å². The summed E-state index contributed by atoms with van der Waals surface area (Å²) in [5.41, 5.74) is 0. The van der Waals surface area contributed by atoms with Crippen molar-refractivity contribution in [3.63, 3.8) is 0 Å². The Morgan fingerprint density at radius 3 is 2.30 bits per heavy atom. The lowest BCUT2D eigenvalue weighted by Crippen LogP contribution is -2.36. The maximum Gasteiger partial charge on any atom is 0.277 e. The van der Waals surface area contributed by atoms with Gasteiger partial charge in [-0.2, -0.15) is 0 Å². The van der Waals surface area contributed by atoms with E-state index in [0.717, 1.165) is 0 Å². The molecule has 0 radical (unpaired) electrons. The van der Waals surface area contributed by atoms with E-state index >= 15 is 0 Å². The van der Waals surface area contributed by atoms with Gasteiger partial charge < -0.3 is 5.11 Å². The standard InChI is InChI=1S/C4H7F2NO3/c1-4(5,6)3(8)2-7(9)10/h3,8H,2H2,1H3. The first-order valence-electron chi connectivity index (χ1n) is 2.51. The maximum absolute atomic E-state index is 11.9. The van der Waals surface area contributed by atoms with Gasteiger partial charge in [0, 0.05) is 11.8 Å². The summed E-state index contributed by atoms with van der Waals surface area (Å²) in [6, 6.07) is 0. The lowest BCUT2D eigenvalue weighted by atomic mass is 10.2. The molecule has 0 aliphatic carbocycles. The van der Waals surface area contributed by atoms with Crippen molar-refractivity contribution < 1.29 is 18.8 Å². The number of rotatable bonds is 3. The van der Waals surface area contributed by atoms with Crippen LogP contribution in [0.3, 0.4) is 0 Å². The molecule has 1 N–H and O–H groups in total. The quantitative estimate of drug-likeness (QED) is 0.470. The average Bonchev–Trinajstić information content (AvgIpc) is 1.60. The molecule has 10 heavy (non-hydrogen) atoms. The van der Waals surface area contributed by atoms with Gasteiger partial charge in [-0.1, -0.05) is 0 Å². The van der Waals surface area contributed by atoms with E-state index in [4.69, 9.17) is 5.11 Å². The van der Waals surface area contributed by atoms with Gasteiger partial charge in [-0.05, 0) is 0 Å². The van der Waals surface area contributed by atoms with Crippen molar-refractivity contribution in [2.75, 3.05) is 6.54 Å². The molecule has 0 fully saturated rings. The molecule has 0 aromatic heterocycles. The summed E-state index contributed by atoms with van der Waals surface area (Å²) in [5, 5.41) is 17.9. The van der Waals surface area contributed by atoms with E-state index in [1.54, 1.807) is 0 Å². The van der Waals surface area contributed by atoms with Crippen molar-refractivity contribution in [3.05, 3.63) is 10.1 Å². The molecule has 0 bridgehead atoms. The minimum Gasteiger partial charge on any atom is -0.381 e. The number of alkyl halides is 2. The summed E-state index contributed by atoms with van der Waals surface area (Å²) in [6.45, 7) is -0.690. The van der Waals surface area contributed by atoms with Gasteiger partial charge in [0.05, 0.1) is 0 Å². The minimum atomic E-state index is -3.40. The van der Waals surface area contributed by atoms with Gasteiger partial charge in [0.15, 0.2) is 6.10 Å². The molecule has 0 saturated heterocycles. The van der Waals surface area contributed by atoms with Crippen LogP contribution in [0.4, 0.5) is 8.78 Å². The summed E-state index contributed by atoms with van der Waals surface area (Å²) >= 11 is 0. The Labute approximate surface area is 55.6 Å². The second-order valence-corrected chi connectivity index (χ2v) is 1.99. The Morgan fingerprint density at radius 1 is 1.80 bits per heavy atom. The van der Waals surface area contributed by atoms with Crippen LogP contribution in [0.2, 0.25) is 0 Å². The maximum atomic E-state index is 11.9. The first-order valence-corrected chi connectivity index (χ1v) is 2.51. The highest BCUT2D eigenvalue weighted by molar-refractivity contribution is 4.68. The summed E-state index contributed by atoms with van der Waals surface area (Å²) < 4.78 is 23.8. The van der Waals surface area contributed by atoms with Crippen LogP contribution in [-0.2, 0) is 0 Å². The predicted octanol–water partition coefficient (Wildman–Crippen LogP) is 0.279. The lowest BCUT2D eigenvalue weighted by molar-refractivity contribution is -0.496. The van der Waals surface area contributed by atoms with Crippen molar-refractivity contribution in [2.24, 2.45) is 0 Å². The molecule has 60 valence electrons. The molecular formula is C4H7F2NO3. The van der Waals surface area contributed by atoms with Gasteiger partial charge in [0.2, 0.25) is 6.54 Å². The van der Waals surface area contributed by atoms with Crippen molar-refractivity contribution in [1.29, 1.82) is 0 Å². The fourth-order valence-corrected chi connectivity index (χ4v) is 0.301. The minimum absolute atomic E-state index is 0.432. The molecule has 0 aliphatic rings. The van der Waals surface area contributed by atoms with Crippen molar-refractivity contribution in [3.8, 4) is 0 Å². The molecule has 4 nitrogen and oxygen atoms in total. The average molecular weight is 155 g/mol. The number of hydrogen-bond donors (Lipinski definition) is 1. The van der Waals surface area contributed by atoms with E-state index in [1.165, 1.54) is 0 Å². The van der Waals surface area contributed by atoms with Crippen LogP contribution >= 0.6 is 0 Å². The highest BCUT2D eigenvalue weighted by Crippen LogP contribution is 2.16. The first kappa shape index (κ1) is 9.22. The molecule has 0 aromatic carbocycles. The Kier molecular flexibility index (Phi) is 2.65.